The molecule has 27 heavy (non-hydrogen) atoms. The van der Waals surface area contributed by atoms with Gasteiger partial charge in [0.2, 0.25) is 0 Å². The number of hydrogen-bond donors (Lipinski definition) is 3. The molecule has 1 heterocycles. The van der Waals surface area contributed by atoms with Crippen molar-refractivity contribution in [2.45, 2.75) is 50.8 Å². The standard InChI is InChI=1S/C19H31N5O2S/c1-3-21-19(24-16-8-5-9-17(13-16)27(26)4-2)23-12-11-22-18(25)15-7-6-10-20-14-15/h6-7,10,14,16-17H,3-5,8-9,11-13H2,1-2H3,(H,22,25)(H2,21,23,24). The van der Waals surface area contributed by atoms with Crippen molar-refractivity contribution in [3.8, 4) is 0 Å². The number of carbonyl (C=O) groups is 1. The smallest absolute Gasteiger partial charge is 0.252 e. The minimum Gasteiger partial charge on any atom is -0.357 e. The molecular weight excluding hydrogens is 362 g/mol. The van der Waals surface area contributed by atoms with Gasteiger partial charge in [0.15, 0.2) is 5.96 Å². The van der Waals surface area contributed by atoms with Crippen LogP contribution in [-0.4, -0.2) is 57.7 Å². The molecule has 3 atom stereocenters. The summed E-state index contributed by atoms with van der Waals surface area (Å²) in [6.07, 6.45) is 7.31. The van der Waals surface area contributed by atoms with Crippen molar-refractivity contribution >= 4 is 22.7 Å². The maximum absolute atomic E-state index is 12.1. The second-order valence-corrected chi connectivity index (χ2v) is 8.56. The highest BCUT2D eigenvalue weighted by Gasteiger charge is 2.25. The third-order valence-electron chi connectivity index (χ3n) is 4.56. The van der Waals surface area contributed by atoms with E-state index in [9.17, 15) is 9.00 Å². The molecule has 1 aliphatic carbocycles. The molecular formula is C19H31N5O2S. The zero-order chi connectivity index (χ0) is 19.5. The van der Waals surface area contributed by atoms with Crippen LogP contribution in [0, 0.1) is 0 Å². The molecule has 0 aliphatic heterocycles. The third kappa shape index (κ3) is 7.28. The zero-order valence-electron chi connectivity index (χ0n) is 16.2. The number of amides is 1. The van der Waals surface area contributed by atoms with Crippen molar-refractivity contribution < 1.29 is 9.00 Å². The van der Waals surface area contributed by atoms with Gasteiger partial charge in [-0.15, -0.1) is 0 Å². The van der Waals surface area contributed by atoms with Crippen molar-refractivity contribution in [3.63, 3.8) is 0 Å². The topological polar surface area (TPSA) is 95.5 Å². The van der Waals surface area contributed by atoms with Crippen molar-refractivity contribution in [2.75, 3.05) is 25.4 Å². The summed E-state index contributed by atoms with van der Waals surface area (Å²) in [5.41, 5.74) is 0.545. The Balaban J connectivity index is 1.81. The first-order chi connectivity index (χ1) is 13.1. The molecule has 8 heteroatoms. The summed E-state index contributed by atoms with van der Waals surface area (Å²) in [5, 5.41) is 9.84. The summed E-state index contributed by atoms with van der Waals surface area (Å²) >= 11 is 0. The van der Waals surface area contributed by atoms with E-state index in [1.54, 1.807) is 24.5 Å². The Morgan fingerprint density at radius 1 is 1.33 bits per heavy atom. The molecule has 0 bridgehead atoms. The fourth-order valence-corrected chi connectivity index (χ4v) is 4.55. The number of hydrogen-bond acceptors (Lipinski definition) is 4. The predicted octanol–water partition coefficient (Wildman–Crippen LogP) is 1.45. The molecule has 1 aromatic rings. The van der Waals surface area contributed by atoms with E-state index in [1.807, 2.05) is 13.8 Å². The van der Waals surface area contributed by atoms with Gasteiger partial charge in [0.05, 0.1) is 12.1 Å². The number of rotatable bonds is 8. The number of aromatic nitrogens is 1. The van der Waals surface area contributed by atoms with E-state index < -0.39 is 10.8 Å². The van der Waals surface area contributed by atoms with Gasteiger partial charge in [0, 0.05) is 53.3 Å². The van der Waals surface area contributed by atoms with Gasteiger partial charge in [-0.2, -0.15) is 0 Å². The SMILES string of the molecule is CCNC(=NCCNC(=O)c1cccnc1)NC1CCCC(S(=O)CC)C1. The van der Waals surface area contributed by atoms with Crippen molar-refractivity contribution in [1.29, 1.82) is 0 Å². The van der Waals surface area contributed by atoms with Crippen LogP contribution in [0.5, 0.6) is 0 Å². The lowest BCUT2D eigenvalue weighted by atomic mass is 9.95. The van der Waals surface area contributed by atoms with E-state index in [4.69, 9.17) is 0 Å². The monoisotopic (exact) mass is 393 g/mol. The Kier molecular flexibility index (Phi) is 9.24. The molecule has 1 amide bonds. The van der Waals surface area contributed by atoms with Gasteiger partial charge in [-0.3, -0.25) is 19.0 Å². The van der Waals surface area contributed by atoms with E-state index in [0.29, 0.717) is 24.7 Å². The molecule has 1 aliphatic rings. The van der Waals surface area contributed by atoms with Crippen LogP contribution in [0.1, 0.15) is 49.9 Å². The van der Waals surface area contributed by atoms with Crippen LogP contribution in [0.2, 0.25) is 0 Å². The van der Waals surface area contributed by atoms with Crippen molar-refractivity contribution in [1.82, 2.24) is 20.9 Å². The lowest BCUT2D eigenvalue weighted by Gasteiger charge is -2.30. The average Bonchev–Trinajstić information content (AvgIpc) is 2.71. The lowest BCUT2D eigenvalue weighted by Crippen LogP contribution is -2.47. The second kappa shape index (κ2) is 11.7. The van der Waals surface area contributed by atoms with Crippen LogP contribution in [0.15, 0.2) is 29.5 Å². The molecule has 0 radical (unpaired) electrons. The van der Waals surface area contributed by atoms with Crippen LogP contribution in [-0.2, 0) is 10.8 Å². The highest BCUT2D eigenvalue weighted by Crippen LogP contribution is 2.22. The van der Waals surface area contributed by atoms with Gasteiger partial charge in [-0.25, -0.2) is 0 Å². The van der Waals surface area contributed by atoms with Gasteiger partial charge in [0.1, 0.15) is 0 Å². The fraction of sp³-hybridized carbons (Fsp3) is 0.632. The summed E-state index contributed by atoms with van der Waals surface area (Å²) in [6.45, 7) is 5.72. The van der Waals surface area contributed by atoms with Crippen LogP contribution in [0.4, 0.5) is 0 Å². The molecule has 3 unspecified atom stereocenters. The van der Waals surface area contributed by atoms with Crippen LogP contribution in [0.3, 0.4) is 0 Å². The maximum atomic E-state index is 12.1. The molecule has 1 fully saturated rings. The summed E-state index contributed by atoms with van der Waals surface area (Å²) < 4.78 is 12.1. The minimum atomic E-state index is -0.736. The van der Waals surface area contributed by atoms with E-state index in [2.05, 4.69) is 25.9 Å². The molecule has 1 aromatic heterocycles. The van der Waals surface area contributed by atoms with Crippen LogP contribution < -0.4 is 16.0 Å². The lowest BCUT2D eigenvalue weighted by molar-refractivity contribution is 0.0954. The Morgan fingerprint density at radius 2 is 2.19 bits per heavy atom. The van der Waals surface area contributed by atoms with Gasteiger partial charge in [-0.1, -0.05) is 13.3 Å². The predicted molar refractivity (Wildman–Crippen MR) is 110 cm³/mol. The first kappa shape index (κ1) is 21.3. The molecule has 0 aromatic carbocycles. The number of nitrogens with one attached hydrogen (secondary N) is 3. The normalized spacial score (nSPS) is 21.3. The van der Waals surface area contributed by atoms with Crippen molar-refractivity contribution in [3.05, 3.63) is 30.1 Å². The average molecular weight is 394 g/mol. The molecule has 3 N–H and O–H groups in total. The van der Waals surface area contributed by atoms with Crippen molar-refractivity contribution in [2.24, 2.45) is 4.99 Å². The maximum Gasteiger partial charge on any atom is 0.252 e. The molecule has 0 spiro atoms. The number of guanidine groups is 1. The van der Waals surface area contributed by atoms with E-state index >= 15 is 0 Å². The molecule has 2 rings (SSSR count). The summed E-state index contributed by atoms with van der Waals surface area (Å²) in [4.78, 5) is 20.5. The number of aliphatic imine (C=N–C) groups is 1. The third-order valence-corrected chi connectivity index (χ3v) is 6.30. The quantitative estimate of drug-likeness (QED) is 0.353. The summed E-state index contributed by atoms with van der Waals surface area (Å²) in [5.74, 6) is 1.33. The highest BCUT2D eigenvalue weighted by atomic mass is 32.2. The van der Waals surface area contributed by atoms with Gasteiger partial charge in [0.25, 0.3) is 5.91 Å². The first-order valence-corrected chi connectivity index (χ1v) is 11.1. The van der Waals surface area contributed by atoms with E-state index in [-0.39, 0.29) is 11.2 Å². The first-order valence-electron chi connectivity index (χ1n) is 9.74. The fourth-order valence-electron chi connectivity index (χ4n) is 3.20. The molecule has 1 saturated carbocycles. The Morgan fingerprint density at radius 3 is 2.89 bits per heavy atom. The van der Waals surface area contributed by atoms with Gasteiger partial charge < -0.3 is 16.0 Å². The highest BCUT2D eigenvalue weighted by molar-refractivity contribution is 7.85. The minimum absolute atomic E-state index is 0.145. The number of nitrogens with zero attached hydrogens (tertiary/aromatic N) is 2. The second-order valence-electron chi connectivity index (χ2n) is 6.56. The zero-order valence-corrected chi connectivity index (χ0v) is 17.1. The Bertz CT molecular complexity index is 638. The Labute approximate surface area is 164 Å². The van der Waals surface area contributed by atoms with E-state index in [0.717, 1.165) is 43.9 Å². The summed E-state index contributed by atoms with van der Waals surface area (Å²) in [7, 11) is -0.736. The van der Waals surface area contributed by atoms with Gasteiger partial charge >= 0.3 is 0 Å². The van der Waals surface area contributed by atoms with Crippen LogP contribution >= 0.6 is 0 Å². The van der Waals surface area contributed by atoms with E-state index in [1.165, 1.54) is 0 Å². The van der Waals surface area contributed by atoms with Crippen LogP contribution in [0.25, 0.3) is 0 Å². The molecule has 150 valence electrons. The van der Waals surface area contributed by atoms with Gasteiger partial charge in [-0.05, 0) is 38.3 Å². The number of carbonyl (C=O) groups excluding carboxylic acids is 1. The summed E-state index contributed by atoms with van der Waals surface area (Å²) in [6, 6.07) is 3.77. The number of pyridine rings is 1. The molecule has 0 saturated heterocycles. The largest absolute Gasteiger partial charge is 0.357 e. The molecule has 7 nitrogen and oxygen atoms in total. The Hall–Kier alpha value is -1.96.